The Balaban J connectivity index is 1.46. The molecule has 1 unspecified atom stereocenters. The molecule has 0 saturated heterocycles. The fourth-order valence-electron chi connectivity index (χ4n) is 7.93. The van der Waals surface area contributed by atoms with Gasteiger partial charge in [0, 0.05) is 41.6 Å². The van der Waals surface area contributed by atoms with Crippen LogP contribution >= 0.6 is 7.82 Å². The molecule has 0 aliphatic rings. The highest BCUT2D eigenvalue weighted by atomic mass is 31.2. The number of ether oxygens (including phenoxy) is 2. The number of pyridine rings is 2. The summed E-state index contributed by atoms with van der Waals surface area (Å²) in [6.45, 7) is 3.24. The monoisotopic (exact) mass is 951 g/mol. The van der Waals surface area contributed by atoms with Crippen LogP contribution in [0.1, 0.15) is 206 Å². The van der Waals surface area contributed by atoms with E-state index in [0.717, 1.165) is 65.9 Å². The van der Waals surface area contributed by atoms with Crippen molar-refractivity contribution in [2.24, 2.45) is 5.16 Å². The molecule has 3 rings (SSSR count). The Morgan fingerprint density at radius 1 is 0.642 bits per heavy atom. The molecule has 2 aromatic heterocycles. The number of hydrogen-bond acceptors (Lipinski definition) is 13. The molecule has 374 valence electrons. The zero-order valence-electron chi connectivity index (χ0n) is 41.1. The topological polar surface area (TPSA) is 169 Å². The Morgan fingerprint density at radius 3 is 1.72 bits per heavy atom. The van der Waals surface area contributed by atoms with Gasteiger partial charge in [-0.3, -0.25) is 33.1 Å². The fraction of sp³-hybridized carbons (Fsp3) is 0.698. The van der Waals surface area contributed by atoms with E-state index in [1.807, 2.05) is 36.4 Å². The van der Waals surface area contributed by atoms with E-state index in [-0.39, 0.29) is 45.7 Å². The molecule has 0 radical (unpaired) electrons. The van der Waals surface area contributed by atoms with Crippen LogP contribution in [0.5, 0.6) is 0 Å². The first-order valence-corrected chi connectivity index (χ1v) is 27.4. The number of aromatic nitrogens is 2. The molecule has 0 saturated carbocycles. The molecule has 0 bridgehead atoms. The van der Waals surface area contributed by atoms with Crippen LogP contribution in [0.25, 0.3) is 21.8 Å². The molecule has 13 nitrogen and oxygen atoms in total. The predicted octanol–water partition coefficient (Wildman–Crippen LogP) is 14.6. The van der Waals surface area contributed by atoms with Crippen molar-refractivity contribution in [2.45, 2.75) is 206 Å². The van der Waals surface area contributed by atoms with Crippen LogP contribution < -0.4 is 0 Å². The van der Waals surface area contributed by atoms with Crippen LogP contribution in [0.4, 0.5) is 0 Å². The SMILES string of the molecule is CCCCCCCCCCCCCCCC(=O)OC[C@H](COP(=O)(OCCC#N)OCCO/N=C/c1cc2cccnc2c2ncccc12)OC(=O)CCCCCCCCCCCCCCC. The first kappa shape index (κ1) is 57.4. The fourth-order valence-corrected chi connectivity index (χ4v) is 9.11. The lowest BCUT2D eigenvalue weighted by atomic mass is 10.0. The lowest BCUT2D eigenvalue weighted by Crippen LogP contribution is -2.29. The van der Waals surface area contributed by atoms with Gasteiger partial charge in [0.15, 0.2) is 6.10 Å². The third-order valence-electron chi connectivity index (χ3n) is 11.8. The van der Waals surface area contributed by atoms with E-state index in [1.165, 1.54) is 116 Å². The zero-order valence-corrected chi connectivity index (χ0v) is 42.0. The summed E-state index contributed by atoms with van der Waals surface area (Å²) in [5.41, 5.74) is 2.30. The minimum Gasteiger partial charge on any atom is -0.462 e. The smallest absolute Gasteiger partial charge is 0.462 e. The maximum atomic E-state index is 13.8. The Morgan fingerprint density at radius 2 is 1.15 bits per heavy atom. The molecule has 0 amide bonds. The van der Waals surface area contributed by atoms with Crippen molar-refractivity contribution in [3.63, 3.8) is 0 Å². The summed E-state index contributed by atoms with van der Waals surface area (Å²) in [6, 6.07) is 11.5. The molecule has 1 aromatic carbocycles. The van der Waals surface area contributed by atoms with Gasteiger partial charge < -0.3 is 14.3 Å². The third kappa shape index (κ3) is 27.0. The number of phosphoric acid groups is 1. The lowest BCUT2D eigenvalue weighted by Gasteiger charge is -2.22. The maximum Gasteiger partial charge on any atom is 0.475 e. The second-order valence-electron chi connectivity index (χ2n) is 17.6. The van der Waals surface area contributed by atoms with E-state index >= 15 is 0 Å². The van der Waals surface area contributed by atoms with Gasteiger partial charge in [-0.25, -0.2) is 4.57 Å². The molecule has 0 aliphatic heterocycles. The molecule has 0 spiro atoms. The Bertz CT molecular complexity index is 1890. The second kappa shape index (κ2) is 38.0. The molecule has 14 heteroatoms. The molecular formula is C53H83N4O9P. The van der Waals surface area contributed by atoms with Gasteiger partial charge in [-0.15, -0.1) is 0 Å². The number of oxime groups is 1. The van der Waals surface area contributed by atoms with Crippen molar-refractivity contribution in [2.75, 3.05) is 33.0 Å². The predicted molar refractivity (Wildman–Crippen MR) is 268 cm³/mol. The van der Waals surface area contributed by atoms with Gasteiger partial charge in [0.1, 0.15) is 13.2 Å². The van der Waals surface area contributed by atoms with Gasteiger partial charge >= 0.3 is 19.8 Å². The number of hydrogen-bond donors (Lipinski definition) is 0. The van der Waals surface area contributed by atoms with Crippen molar-refractivity contribution in [3.05, 3.63) is 48.3 Å². The highest BCUT2D eigenvalue weighted by molar-refractivity contribution is 7.48. The number of carbonyl (C=O) groups is 2. The molecule has 2 atom stereocenters. The van der Waals surface area contributed by atoms with E-state index in [1.54, 1.807) is 18.6 Å². The summed E-state index contributed by atoms with van der Waals surface area (Å²) in [7, 11) is -4.29. The Kier molecular flexibility index (Phi) is 32.5. The number of fused-ring (bicyclic) bond motifs is 3. The molecule has 2 heterocycles. The largest absolute Gasteiger partial charge is 0.475 e. The minimum atomic E-state index is -4.29. The van der Waals surface area contributed by atoms with Crippen LogP contribution in [-0.2, 0) is 42.0 Å². The number of rotatable bonds is 43. The third-order valence-corrected chi connectivity index (χ3v) is 13.2. The molecule has 67 heavy (non-hydrogen) atoms. The standard InChI is InChI=1S/C53H83N4O9P/c1-3-5-7-9-11-13-15-17-19-21-23-25-27-34-50(58)61-44-48(66-51(59)35-28-26-24-22-20-18-16-14-12-10-8-6-4-2)45-65-67(60,63-39-31-36-54)64-41-40-62-57-43-47-42-46-32-29-37-55-52(46)53-49(47)33-30-38-56-53/h29-30,32-33,37-38,42-43,48H,3-28,31,34-35,39-41,44-45H2,1-2H3/b57-43+/t48-,67?/m1/s1. The summed E-state index contributed by atoms with van der Waals surface area (Å²) in [5, 5.41) is 15.0. The maximum absolute atomic E-state index is 13.8. The van der Waals surface area contributed by atoms with E-state index in [2.05, 4.69) is 29.0 Å². The number of nitrogens with zero attached hydrogens (tertiary/aromatic N) is 4. The summed E-state index contributed by atoms with van der Waals surface area (Å²) >= 11 is 0. The number of esters is 2. The van der Waals surface area contributed by atoms with Gasteiger partial charge in [0.25, 0.3) is 0 Å². The summed E-state index contributed by atoms with van der Waals surface area (Å²) in [5.74, 6) is -0.851. The average Bonchev–Trinajstić information content (AvgIpc) is 3.34. The number of unbranched alkanes of at least 4 members (excludes halogenated alkanes) is 24. The Labute approximate surface area is 402 Å². The van der Waals surface area contributed by atoms with Gasteiger partial charge in [-0.2, -0.15) is 5.26 Å². The first-order chi connectivity index (χ1) is 32.9. The van der Waals surface area contributed by atoms with Crippen molar-refractivity contribution in [1.82, 2.24) is 9.97 Å². The van der Waals surface area contributed by atoms with Crippen molar-refractivity contribution in [3.8, 4) is 6.07 Å². The second-order valence-corrected chi connectivity index (χ2v) is 19.3. The summed E-state index contributed by atoms with van der Waals surface area (Å²) in [4.78, 5) is 40.3. The van der Waals surface area contributed by atoms with Gasteiger partial charge in [-0.05, 0) is 31.0 Å². The quantitative estimate of drug-likeness (QED) is 0.0132. The van der Waals surface area contributed by atoms with Crippen LogP contribution in [0.3, 0.4) is 0 Å². The van der Waals surface area contributed by atoms with Gasteiger partial charge in [0.2, 0.25) is 0 Å². The van der Waals surface area contributed by atoms with E-state index in [0.29, 0.717) is 12.8 Å². The van der Waals surface area contributed by atoms with Crippen LogP contribution in [0.2, 0.25) is 0 Å². The molecule has 0 fully saturated rings. The van der Waals surface area contributed by atoms with E-state index in [9.17, 15) is 14.2 Å². The zero-order chi connectivity index (χ0) is 47.9. The summed E-state index contributed by atoms with van der Waals surface area (Å²) in [6.07, 6.45) is 35.5. The number of benzene rings is 1. The number of nitriles is 1. The van der Waals surface area contributed by atoms with Crippen LogP contribution in [0, 0.1) is 11.3 Å². The van der Waals surface area contributed by atoms with Gasteiger partial charge in [0.05, 0.1) is 49.6 Å². The average molecular weight is 951 g/mol. The first-order valence-electron chi connectivity index (χ1n) is 25.9. The van der Waals surface area contributed by atoms with Crippen molar-refractivity contribution in [1.29, 1.82) is 5.26 Å². The molecule has 0 N–H and O–H groups in total. The minimum absolute atomic E-state index is 0.0596. The van der Waals surface area contributed by atoms with Crippen molar-refractivity contribution >= 4 is 47.8 Å². The van der Waals surface area contributed by atoms with E-state index in [4.69, 9.17) is 33.1 Å². The highest BCUT2D eigenvalue weighted by Gasteiger charge is 2.30. The highest BCUT2D eigenvalue weighted by Crippen LogP contribution is 2.49. The summed E-state index contributed by atoms with van der Waals surface area (Å²) < 4.78 is 41.7. The van der Waals surface area contributed by atoms with E-state index < -0.39 is 32.5 Å². The number of phosphoric ester groups is 1. The lowest BCUT2D eigenvalue weighted by molar-refractivity contribution is -0.161. The Hall–Kier alpha value is -3.95. The van der Waals surface area contributed by atoms with Crippen LogP contribution in [-0.4, -0.2) is 67.3 Å². The molecule has 3 aromatic rings. The molecular weight excluding hydrogens is 868 g/mol. The van der Waals surface area contributed by atoms with Crippen LogP contribution in [0.15, 0.2) is 47.9 Å². The van der Waals surface area contributed by atoms with Crippen molar-refractivity contribution < 1.29 is 42.0 Å². The normalized spacial score (nSPS) is 12.9. The number of carbonyl (C=O) groups excluding carboxylic acids is 2. The molecule has 0 aliphatic carbocycles. The van der Waals surface area contributed by atoms with Gasteiger partial charge in [-0.1, -0.05) is 185 Å².